The Hall–Kier alpha value is -1.71. The summed E-state index contributed by atoms with van der Waals surface area (Å²) in [6.45, 7) is 3.46. The predicted octanol–water partition coefficient (Wildman–Crippen LogP) is 1.16. The SMILES string of the molecule is COc1ccc(C#CCN)cc1NS(=O)(=O)C(C)C. The van der Waals surface area contributed by atoms with E-state index in [0.717, 1.165) is 0 Å². The molecule has 0 spiro atoms. The number of sulfonamides is 1. The summed E-state index contributed by atoms with van der Waals surface area (Å²) >= 11 is 0. The molecule has 0 aliphatic heterocycles. The molecule has 1 aromatic carbocycles. The molecule has 3 N–H and O–H groups in total. The lowest BCUT2D eigenvalue weighted by Crippen LogP contribution is -2.22. The number of nitrogens with two attached hydrogens (primary N) is 1. The first-order valence-electron chi connectivity index (χ1n) is 5.79. The van der Waals surface area contributed by atoms with Crippen LogP contribution in [0, 0.1) is 11.8 Å². The molecule has 0 saturated carbocycles. The van der Waals surface area contributed by atoms with Crippen molar-refractivity contribution in [3.8, 4) is 17.6 Å². The maximum absolute atomic E-state index is 11.9. The van der Waals surface area contributed by atoms with E-state index >= 15 is 0 Å². The molecule has 0 unspecified atom stereocenters. The highest BCUT2D eigenvalue weighted by Crippen LogP contribution is 2.26. The summed E-state index contributed by atoms with van der Waals surface area (Å²) in [6.07, 6.45) is 0. The van der Waals surface area contributed by atoms with Gasteiger partial charge in [0.05, 0.1) is 24.6 Å². The predicted molar refractivity (Wildman–Crippen MR) is 76.6 cm³/mol. The summed E-state index contributed by atoms with van der Waals surface area (Å²) in [5, 5.41) is -0.531. The molecule has 0 aliphatic carbocycles. The molecule has 1 aromatic rings. The van der Waals surface area contributed by atoms with E-state index < -0.39 is 15.3 Å². The average molecular weight is 282 g/mol. The van der Waals surface area contributed by atoms with E-state index in [4.69, 9.17) is 10.5 Å². The Bertz CT molecular complexity index is 598. The first kappa shape index (κ1) is 15.3. The molecular weight excluding hydrogens is 264 g/mol. The average Bonchev–Trinajstić information content (AvgIpc) is 2.36. The Morgan fingerprint density at radius 1 is 1.42 bits per heavy atom. The van der Waals surface area contributed by atoms with Crippen LogP contribution in [0.2, 0.25) is 0 Å². The second-order valence-electron chi connectivity index (χ2n) is 4.12. The molecule has 19 heavy (non-hydrogen) atoms. The third-order valence-corrected chi connectivity index (χ3v) is 4.15. The molecule has 6 heteroatoms. The molecule has 1 rings (SSSR count). The molecule has 0 fully saturated rings. The van der Waals surface area contributed by atoms with Gasteiger partial charge in [-0.15, -0.1) is 0 Å². The van der Waals surface area contributed by atoms with Crippen LogP contribution in [0.3, 0.4) is 0 Å². The Morgan fingerprint density at radius 2 is 2.11 bits per heavy atom. The van der Waals surface area contributed by atoms with Gasteiger partial charge in [0.15, 0.2) is 0 Å². The number of methoxy groups -OCH3 is 1. The van der Waals surface area contributed by atoms with Gasteiger partial charge < -0.3 is 10.5 Å². The standard InChI is InChI=1S/C13H18N2O3S/c1-10(2)19(16,17)15-12-9-11(5-4-8-14)6-7-13(12)18-3/h6-7,9-10,15H,8,14H2,1-3H3. The molecule has 0 saturated heterocycles. The van der Waals surface area contributed by atoms with E-state index in [9.17, 15) is 8.42 Å². The van der Waals surface area contributed by atoms with Crippen molar-refractivity contribution in [3.05, 3.63) is 23.8 Å². The summed E-state index contributed by atoms with van der Waals surface area (Å²) in [5.74, 6) is 6.01. The van der Waals surface area contributed by atoms with Gasteiger partial charge in [-0.3, -0.25) is 4.72 Å². The first-order valence-corrected chi connectivity index (χ1v) is 7.34. The van der Waals surface area contributed by atoms with Crippen LogP contribution in [0.15, 0.2) is 18.2 Å². The van der Waals surface area contributed by atoms with E-state index in [2.05, 4.69) is 16.6 Å². The van der Waals surface area contributed by atoms with Crippen molar-refractivity contribution in [1.29, 1.82) is 0 Å². The summed E-state index contributed by atoms with van der Waals surface area (Å²) in [7, 11) is -1.94. The zero-order chi connectivity index (χ0) is 14.5. The van der Waals surface area contributed by atoms with E-state index in [1.165, 1.54) is 7.11 Å². The minimum atomic E-state index is -3.42. The molecule has 0 heterocycles. The smallest absolute Gasteiger partial charge is 0.235 e. The third-order valence-electron chi connectivity index (χ3n) is 2.41. The van der Waals surface area contributed by atoms with Gasteiger partial charge in [0.25, 0.3) is 0 Å². The molecule has 0 radical (unpaired) electrons. The van der Waals surface area contributed by atoms with Gasteiger partial charge in [0.1, 0.15) is 5.75 Å². The number of hydrogen-bond donors (Lipinski definition) is 2. The van der Waals surface area contributed by atoms with Gasteiger partial charge in [-0.05, 0) is 32.0 Å². The van der Waals surface area contributed by atoms with E-state index in [0.29, 0.717) is 17.0 Å². The second-order valence-corrected chi connectivity index (χ2v) is 6.35. The van der Waals surface area contributed by atoms with Crippen molar-refractivity contribution in [3.63, 3.8) is 0 Å². The number of benzene rings is 1. The van der Waals surface area contributed by atoms with E-state index in [1.54, 1.807) is 32.0 Å². The minimum Gasteiger partial charge on any atom is -0.495 e. The van der Waals surface area contributed by atoms with Crippen LogP contribution in [0.1, 0.15) is 19.4 Å². The lowest BCUT2D eigenvalue weighted by atomic mass is 10.2. The number of hydrogen-bond acceptors (Lipinski definition) is 4. The van der Waals surface area contributed by atoms with Crippen molar-refractivity contribution < 1.29 is 13.2 Å². The summed E-state index contributed by atoms with van der Waals surface area (Å²) < 4.78 is 31.4. The lowest BCUT2D eigenvalue weighted by molar-refractivity contribution is 0.417. The summed E-state index contributed by atoms with van der Waals surface area (Å²) in [4.78, 5) is 0. The molecule has 0 aliphatic rings. The highest BCUT2D eigenvalue weighted by atomic mass is 32.2. The Morgan fingerprint density at radius 3 is 2.63 bits per heavy atom. The highest BCUT2D eigenvalue weighted by Gasteiger charge is 2.17. The van der Waals surface area contributed by atoms with Gasteiger partial charge in [-0.1, -0.05) is 11.8 Å². The normalized spacial score (nSPS) is 10.8. The van der Waals surface area contributed by atoms with Crippen molar-refractivity contribution in [2.75, 3.05) is 18.4 Å². The van der Waals surface area contributed by atoms with Crippen LogP contribution < -0.4 is 15.2 Å². The molecule has 0 atom stereocenters. The van der Waals surface area contributed by atoms with Crippen LogP contribution >= 0.6 is 0 Å². The fourth-order valence-corrected chi connectivity index (χ4v) is 1.99. The van der Waals surface area contributed by atoms with E-state index in [-0.39, 0.29) is 6.54 Å². The van der Waals surface area contributed by atoms with Crippen LogP contribution in [-0.2, 0) is 10.0 Å². The fourth-order valence-electron chi connectivity index (χ4n) is 1.29. The molecule has 0 bridgehead atoms. The minimum absolute atomic E-state index is 0.249. The zero-order valence-corrected chi connectivity index (χ0v) is 12.0. The van der Waals surface area contributed by atoms with Crippen LogP contribution in [0.25, 0.3) is 0 Å². The van der Waals surface area contributed by atoms with Crippen LogP contribution in [0.5, 0.6) is 5.75 Å². The van der Waals surface area contributed by atoms with Crippen molar-refractivity contribution in [1.82, 2.24) is 0 Å². The molecule has 104 valence electrons. The molecular formula is C13H18N2O3S. The highest BCUT2D eigenvalue weighted by molar-refractivity contribution is 7.93. The maximum atomic E-state index is 11.9. The number of rotatable bonds is 4. The Labute approximate surface area is 114 Å². The lowest BCUT2D eigenvalue weighted by Gasteiger charge is -2.14. The molecule has 5 nitrogen and oxygen atoms in total. The van der Waals surface area contributed by atoms with Crippen molar-refractivity contribution >= 4 is 15.7 Å². The summed E-state index contributed by atoms with van der Waals surface area (Å²) in [6, 6.07) is 5.04. The molecule has 0 amide bonds. The van der Waals surface area contributed by atoms with Gasteiger partial charge in [0.2, 0.25) is 10.0 Å². The fraction of sp³-hybridized carbons (Fsp3) is 0.385. The van der Waals surface area contributed by atoms with Gasteiger partial charge in [-0.2, -0.15) is 0 Å². The van der Waals surface area contributed by atoms with Gasteiger partial charge in [0, 0.05) is 5.56 Å². The van der Waals surface area contributed by atoms with Crippen LogP contribution in [0.4, 0.5) is 5.69 Å². The Balaban J connectivity index is 3.17. The largest absolute Gasteiger partial charge is 0.495 e. The van der Waals surface area contributed by atoms with E-state index in [1.807, 2.05) is 0 Å². The Kier molecular flexibility index (Phi) is 5.21. The number of anilines is 1. The first-order chi connectivity index (χ1) is 8.90. The van der Waals surface area contributed by atoms with Gasteiger partial charge >= 0.3 is 0 Å². The third kappa shape index (κ3) is 4.16. The molecule has 0 aromatic heterocycles. The van der Waals surface area contributed by atoms with Gasteiger partial charge in [-0.25, -0.2) is 8.42 Å². The van der Waals surface area contributed by atoms with Crippen molar-refractivity contribution in [2.24, 2.45) is 5.73 Å². The second kappa shape index (κ2) is 6.45. The van der Waals surface area contributed by atoms with Crippen LogP contribution in [-0.4, -0.2) is 27.3 Å². The van der Waals surface area contributed by atoms with Crippen molar-refractivity contribution in [2.45, 2.75) is 19.1 Å². The number of nitrogens with one attached hydrogen (secondary N) is 1. The number of ether oxygens (including phenoxy) is 1. The monoisotopic (exact) mass is 282 g/mol. The zero-order valence-electron chi connectivity index (χ0n) is 11.2. The summed E-state index contributed by atoms with van der Waals surface area (Å²) in [5.41, 5.74) is 6.35. The maximum Gasteiger partial charge on any atom is 0.235 e. The topological polar surface area (TPSA) is 81.4 Å². The quantitative estimate of drug-likeness (QED) is 0.812.